The maximum atomic E-state index is 5.61. The molecule has 1 unspecified atom stereocenters. The minimum atomic E-state index is 0.302. The molecule has 1 aromatic carbocycles. The summed E-state index contributed by atoms with van der Waals surface area (Å²) in [5.74, 6) is 0. The Bertz CT molecular complexity index is 438. The molecule has 1 N–H and O–H groups in total. The number of hydrogen-bond acceptors (Lipinski definition) is 3. The number of para-hydroxylation sites is 2. The van der Waals surface area contributed by atoms with Crippen molar-refractivity contribution in [1.82, 2.24) is 0 Å². The van der Waals surface area contributed by atoms with E-state index in [1.165, 1.54) is 37.3 Å². The first-order chi connectivity index (χ1) is 9.43. The van der Waals surface area contributed by atoms with Crippen molar-refractivity contribution in [1.29, 1.82) is 0 Å². The molecule has 0 aliphatic carbocycles. The predicted octanol–water partition coefficient (Wildman–Crippen LogP) is 3.39. The van der Waals surface area contributed by atoms with Gasteiger partial charge in [-0.3, -0.25) is 0 Å². The van der Waals surface area contributed by atoms with Crippen LogP contribution in [0.2, 0.25) is 0 Å². The van der Waals surface area contributed by atoms with Crippen LogP contribution in [-0.4, -0.2) is 25.7 Å². The second-order valence-electron chi connectivity index (χ2n) is 5.30. The van der Waals surface area contributed by atoms with E-state index in [0.717, 1.165) is 19.4 Å². The number of hydrogen-bond donors (Lipinski definition) is 1. The topological polar surface area (TPSA) is 24.5 Å². The van der Waals surface area contributed by atoms with Crippen molar-refractivity contribution in [2.24, 2.45) is 0 Å². The fourth-order valence-electron chi connectivity index (χ4n) is 2.82. The van der Waals surface area contributed by atoms with Crippen LogP contribution in [0.15, 0.2) is 36.6 Å². The molecule has 2 aliphatic rings. The molecule has 1 fully saturated rings. The van der Waals surface area contributed by atoms with Crippen LogP contribution in [-0.2, 0) is 4.74 Å². The summed E-state index contributed by atoms with van der Waals surface area (Å²) >= 11 is 0. The molecule has 0 bridgehead atoms. The molecule has 2 aliphatic heterocycles. The molecule has 1 atom stereocenters. The third-order valence-electron chi connectivity index (χ3n) is 3.89. The van der Waals surface area contributed by atoms with Gasteiger partial charge in [0.05, 0.1) is 24.2 Å². The van der Waals surface area contributed by atoms with Crippen LogP contribution in [0, 0.1) is 0 Å². The van der Waals surface area contributed by atoms with E-state index < -0.39 is 0 Å². The van der Waals surface area contributed by atoms with Crippen LogP contribution in [0.4, 0.5) is 11.4 Å². The van der Waals surface area contributed by atoms with E-state index in [4.69, 9.17) is 4.74 Å². The Morgan fingerprint density at radius 1 is 1.21 bits per heavy atom. The van der Waals surface area contributed by atoms with Gasteiger partial charge in [-0.25, -0.2) is 0 Å². The monoisotopic (exact) mass is 258 g/mol. The third kappa shape index (κ3) is 3.03. The summed E-state index contributed by atoms with van der Waals surface area (Å²) < 4.78 is 5.61. The lowest BCUT2D eigenvalue weighted by Crippen LogP contribution is -2.25. The molecule has 1 aromatic rings. The highest BCUT2D eigenvalue weighted by atomic mass is 16.5. The molecule has 1 saturated heterocycles. The van der Waals surface area contributed by atoms with Gasteiger partial charge in [0, 0.05) is 13.1 Å². The molecule has 2 heterocycles. The van der Waals surface area contributed by atoms with Crippen molar-refractivity contribution in [3.8, 4) is 0 Å². The Balaban J connectivity index is 1.64. The van der Waals surface area contributed by atoms with Gasteiger partial charge in [0.2, 0.25) is 0 Å². The zero-order valence-electron chi connectivity index (χ0n) is 11.3. The van der Waals surface area contributed by atoms with Crippen LogP contribution in [0.3, 0.4) is 0 Å². The molecule has 0 saturated carbocycles. The van der Waals surface area contributed by atoms with Gasteiger partial charge < -0.3 is 15.0 Å². The van der Waals surface area contributed by atoms with Crippen molar-refractivity contribution in [3.63, 3.8) is 0 Å². The van der Waals surface area contributed by atoms with Gasteiger partial charge in [-0.1, -0.05) is 12.1 Å². The van der Waals surface area contributed by atoms with E-state index in [2.05, 4.69) is 40.6 Å². The molecule has 0 amide bonds. The molecular formula is C16H22N2O. The quantitative estimate of drug-likeness (QED) is 0.896. The van der Waals surface area contributed by atoms with E-state index in [1.54, 1.807) is 0 Å². The maximum Gasteiger partial charge on any atom is 0.115 e. The molecule has 19 heavy (non-hydrogen) atoms. The van der Waals surface area contributed by atoms with Gasteiger partial charge in [-0.15, -0.1) is 0 Å². The normalized spacial score (nSPS) is 22.3. The summed E-state index contributed by atoms with van der Waals surface area (Å²) in [6.45, 7) is 3.25. The second-order valence-corrected chi connectivity index (χ2v) is 5.30. The highest BCUT2D eigenvalue weighted by Crippen LogP contribution is 2.28. The standard InChI is InChI=1S/C16H22N2O/c1-2-9-16(18-10-4-5-11-18)15(8-1)17-13-14-7-3-6-12-19-14/h1-2,6,8-9,12,14,17H,3-5,7,10-11,13H2. The average molecular weight is 258 g/mol. The summed E-state index contributed by atoms with van der Waals surface area (Å²) in [7, 11) is 0. The number of anilines is 2. The van der Waals surface area contributed by atoms with Gasteiger partial charge in [0.1, 0.15) is 6.10 Å². The molecule has 102 valence electrons. The van der Waals surface area contributed by atoms with Gasteiger partial charge in [0.15, 0.2) is 0 Å². The van der Waals surface area contributed by atoms with Gasteiger partial charge in [-0.2, -0.15) is 0 Å². The Morgan fingerprint density at radius 2 is 2.05 bits per heavy atom. The van der Waals surface area contributed by atoms with Crippen molar-refractivity contribution in [2.45, 2.75) is 31.8 Å². The molecule has 3 heteroatoms. The Hall–Kier alpha value is -1.64. The first kappa shape index (κ1) is 12.4. The van der Waals surface area contributed by atoms with Gasteiger partial charge in [-0.05, 0) is 43.9 Å². The van der Waals surface area contributed by atoms with Crippen LogP contribution in [0.25, 0.3) is 0 Å². The molecule has 3 nitrogen and oxygen atoms in total. The van der Waals surface area contributed by atoms with E-state index >= 15 is 0 Å². The number of benzene rings is 1. The lowest BCUT2D eigenvalue weighted by molar-refractivity contribution is 0.135. The number of allylic oxidation sites excluding steroid dienone is 1. The molecule has 3 rings (SSSR count). The fourth-order valence-corrected chi connectivity index (χ4v) is 2.82. The first-order valence-corrected chi connectivity index (χ1v) is 7.32. The Morgan fingerprint density at radius 3 is 2.84 bits per heavy atom. The van der Waals surface area contributed by atoms with Gasteiger partial charge >= 0.3 is 0 Å². The molecular weight excluding hydrogens is 236 g/mol. The third-order valence-corrected chi connectivity index (χ3v) is 3.89. The fraction of sp³-hybridized carbons (Fsp3) is 0.500. The van der Waals surface area contributed by atoms with Crippen LogP contribution < -0.4 is 10.2 Å². The van der Waals surface area contributed by atoms with E-state index in [1.807, 2.05) is 6.26 Å². The Kier molecular flexibility index (Phi) is 3.92. The summed E-state index contributed by atoms with van der Waals surface area (Å²) in [5.41, 5.74) is 2.58. The van der Waals surface area contributed by atoms with Crippen LogP contribution >= 0.6 is 0 Å². The highest BCUT2D eigenvalue weighted by molar-refractivity contribution is 5.70. The lowest BCUT2D eigenvalue weighted by atomic mass is 10.1. The predicted molar refractivity (Wildman–Crippen MR) is 79.6 cm³/mol. The van der Waals surface area contributed by atoms with Crippen molar-refractivity contribution in [3.05, 3.63) is 36.6 Å². The molecule has 0 radical (unpaired) electrons. The summed E-state index contributed by atoms with van der Waals surface area (Å²) in [6.07, 6.45) is 9.08. The van der Waals surface area contributed by atoms with Crippen LogP contribution in [0.5, 0.6) is 0 Å². The number of rotatable bonds is 4. The average Bonchev–Trinajstić information content (AvgIpc) is 3.01. The number of ether oxygens (including phenoxy) is 1. The van der Waals surface area contributed by atoms with Crippen molar-refractivity contribution in [2.75, 3.05) is 29.9 Å². The highest BCUT2D eigenvalue weighted by Gasteiger charge is 2.16. The lowest BCUT2D eigenvalue weighted by Gasteiger charge is -2.24. The van der Waals surface area contributed by atoms with E-state index in [0.29, 0.717) is 6.10 Å². The summed E-state index contributed by atoms with van der Waals surface area (Å²) in [4.78, 5) is 2.48. The minimum absolute atomic E-state index is 0.302. The minimum Gasteiger partial charge on any atom is -0.497 e. The molecule has 0 spiro atoms. The smallest absolute Gasteiger partial charge is 0.115 e. The number of nitrogens with one attached hydrogen (secondary N) is 1. The van der Waals surface area contributed by atoms with Crippen molar-refractivity contribution >= 4 is 11.4 Å². The SMILES string of the molecule is C1=COC(CNc2ccccc2N2CCCC2)CC1. The molecule has 0 aromatic heterocycles. The van der Waals surface area contributed by atoms with Crippen LogP contribution in [0.1, 0.15) is 25.7 Å². The maximum absolute atomic E-state index is 5.61. The Labute approximate surface area is 115 Å². The first-order valence-electron chi connectivity index (χ1n) is 7.32. The summed E-state index contributed by atoms with van der Waals surface area (Å²) in [6, 6.07) is 8.61. The van der Waals surface area contributed by atoms with E-state index in [-0.39, 0.29) is 0 Å². The van der Waals surface area contributed by atoms with Gasteiger partial charge in [0.25, 0.3) is 0 Å². The summed E-state index contributed by atoms with van der Waals surface area (Å²) in [5, 5.41) is 3.56. The largest absolute Gasteiger partial charge is 0.497 e. The zero-order chi connectivity index (χ0) is 12.9. The zero-order valence-corrected chi connectivity index (χ0v) is 11.3. The number of nitrogens with zero attached hydrogens (tertiary/aromatic N) is 1. The van der Waals surface area contributed by atoms with Crippen molar-refractivity contribution < 1.29 is 4.74 Å². The second kappa shape index (κ2) is 6.00. The van der Waals surface area contributed by atoms with E-state index in [9.17, 15) is 0 Å².